The number of nitrogens with zero attached hydrogens (tertiary/aromatic N) is 3. The molecular formula is C25H31N5O4. The summed E-state index contributed by atoms with van der Waals surface area (Å²) in [7, 11) is 1.57. The number of nitrogens with one attached hydrogen (secondary N) is 1. The van der Waals surface area contributed by atoms with Crippen molar-refractivity contribution in [2.75, 3.05) is 24.8 Å². The quantitative estimate of drug-likeness (QED) is 0.367. The maximum absolute atomic E-state index is 11.9. The van der Waals surface area contributed by atoms with Crippen LogP contribution in [-0.4, -0.2) is 40.4 Å². The molecule has 0 saturated carbocycles. The monoisotopic (exact) mass is 465 g/mol. The summed E-state index contributed by atoms with van der Waals surface area (Å²) in [6.45, 7) is 8.09. The topological polar surface area (TPSA) is 121 Å². The van der Waals surface area contributed by atoms with Crippen LogP contribution < -0.4 is 15.8 Å². The van der Waals surface area contributed by atoms with Crippen molar-refractivity contribution in [3.63, 3.8) is 0 Å². The molecule has 0 aliphatic rings. The first-order valence-corrected chi connectivity index (χ1v) is 10.9. The molecule has 9 nitrogen and oxygen atoms in total. The zero-order chi connectivity index (χ0) is 24.7. The molecular weight excluding hydrogens is 434 g/mol. The highest BCUT2D eigenvalue weighted by Gasteiger charge is 2.17. The number of ether oxygens (including phenoxy) is 3. The highest BCUT2D eigenvalue weighted by molar-refractivity contribution is 5.83. The van der Waals surface area contributed by atoms with Gasteiger partial charge in [0.15, 0.2) is 11.6 Å². The Morgan fingerprint density at radius 2 is 1.88 bits per heavy atom. The molecule has 2 aromatic heterocycles. The van der Waals surface area contributed by atoms with Gasteiger partial charge in [0.1, 0.15) is 11.4 Å². The fourth-order valence-corrected chi connectivity index (χ4v) is 3.19. The SMILES string of the molecule is COc1c(N)cc(CCOCc2cccc(NC(=O)OC(C)(C)C)n2)cc1-c1ncc(C)cn1. The number of benzene rings is 1. The fourth-order valence-electron chi connectivity index (χ4n) is 3.19. The molecule has 3 rings (SSSR count). The van der Waals surface area contributed by atoms with Gasteiger partial charge in [0.25, 0.3) is 0 Å². The molecule has 0 unspecified atom stereocenters. The Morgan fingerprint density at radius 3 is 2.56 bits per heavy atom. The molecule has 0 atom stereocenters. The van der Waals surface area contributed by atoms with Crippen LogP contribution in [0.4, 0.5) is 16.3 Å². The zero-order valence-corrected chi connectivity index (χ0v) is 20.2. The number of carbonyl (C=O) groups is 1. The van der Waals surface area contributed by atoms with Gasteiger partial charge in [-0.25, -0.2) is 19.7 Å². The number of nitrogen functional groups attached to an aromatic ring is 1. The van der Waals surface area contributed by atoms with E-state index in [0.717, 1.165) is 16.7 Å². The summed E-state index contributed by atoms with van der Waals surface area (Å²) in [5, 5.41) is 2.63. The number of aromatic nitrogens is 3. The maximum atomic E-state index is 11.9. The molecule has 1 amide bonds. The number of hydrogen-bond acceptors (Lipinski definition) is 8. The van der Waals surface area contributed by atoms with Crippen LogP contribution in [0.5, 0.6) is 5.75 Å². The van der Waals surface area contributed by atoms with Gasteiger partial charge in [-0.3, -0.25) is 5.32 Å². The molecule has 2 heterocycles. The molecule has 180 valence electrons. The molecule has 1 aromatic carbocycles. The average Bonchev–Trinajstić information content (AvgIpc) is 2.76. The first kappa shape index (κ1) is 24.9. The average molecular weight is 466 g/mol. The van der Waals surface area contributed by atoms with Gasteiger partial charge < -0.3 is 19.9 Å². The summed E-state index contributed by atoms with van der Waals surface area (Å²) in [4.78, 5) is 25.1. The highest BCUT2D eigenvalue weighted by Crippen LogP contribution is 2.34. The minimum atomic E-state index is -0.582. The van der Waals surface area contributed by atoms with E-state index in [0.29, 0.717) is 48.4 Å². The van der Waals surface area contributed by atoms with E-state index in [1.165, 1.54) is 0 Å². The third-order valence-corrected chi connectivity index (χ3v) is 4.62. The number of methoxy groups -OCH3 is 1. The number of carbonyl (C=O) groups excluding carboxylic acids is 1. The third kappa shape index (κ3) is 7.14. The Morgan fingerprint density at radius 1 is 1.15 bits per heavy atom. The fraction of sp³-hybridized carbons (Fsp3) is 0.360. The van der Waals surface area contributed by atoms with E-state index in [2.05, 4.69) is 20.3 Å². The van der Waals surface area contributed by atoms with Crippen LogP contribution in [0.15, 0.2) is 42.7 Å². The number of hydrogen-bond donors (Lipinski definition) is 2. The Balaban J connectivity index is 1.60. The predicted molar refractivity (Wildman–Crippen MR) is 131 cm³/mol. The van der Waals surface area contributed by atoms with Crippen molar-refractivity contribution in [3.05, 3.63) is 59.5 Å². The molecule has 34 heavy (non-hydrogen) atoms. The van der Waals surface area contributed by atoms with Crippen LogP contribution in [0.3, 0.4) is 0 Å². The van der Waals surface area contributed by atoms with Gasteiger partial charge in [-0.1, -0.05) is 6.07 Å². The van der Waals surface area contributed by atoms with Crippen LogP contribution in [0.2, 0.25) is 0 Å². The van der Waals surface area contributed by atoms with Crippen molar-refractivity contribution in [1.82, 2.24) is 15.0 Å². The summed E-state index contributed by atoms with van der Waals surface area (Å²) in [6.07, 6.45) is 3.59. The summed E-state index contributed by atoms with van der Waals surface area (Å²) in [5.41, 5.74) is 9.52. The lowest BCUT2D eigenvalue weighted by Crippen LogP contribution is -2.27. The van der Waals surface area contributed by atoms with Crippen LogP contribution in [0.25, 0.3) is 11.4 Å². The van der Waals surface area contributed by atoms with Crippen molar-refractivity contribution >= 4 is 17.6 Å². The summed E-state index contributed by atoms with van der Waals surface area (Å²) < 4.78 is 16.5. The minimum absolute atomic E-state index is 0.295. The molecule has 0 aliphatic heterocycles. The summed E-state index contributed by atoms with van der Waals surface area (Å²) >= 11 is 0. The first-order valence-electron chi connectivity index (χ1n) is 10.9. The van der Waals surface area contributed by atoms with E-state index in [4.69, 9.17) is 19.9 Å². The van der Waals surface area contributed by atoms with Gasteiger partial charge in [0.05, 0.1) is 37.3 Å². The van der Waals surface area contributed by atoms with Crippen molar-refractivity contribution in [3.8, 4) is 17.1 Å². The van der Waals surface area contributed by atoms with Crippen molar-refractivity contribution < 1.29 is 19.0 Å². The predicted octanol–water partition coefficient (Wildman–Crippen LogP) is 4.54. The smallest absolute Gasteiger partial charge is 0.413 e. The van der Waals surface area contributed by atoms with E-state index >= 15 is 0 Å². The number of anilines is 2. The van der Waals surface area contributed by atoms with Crippen LogP contribution in [0.1, 0.15) is 37.6 Å². The zero-order valence-electron chi connectivity index (χ0n) is 20.2. The Labute approximate surface area is 199 Å². The van der Waals surface area contributed by atoms with Crippen LogP contribution in [-0.2, 0) is 22.5 Å². The molecule has 0 saturated heterocycles. The van der Waals surface area contributed by atoms with E-state index in [1.807, 2.05) is 25.1 Å². The van der Waals surface area contributed by atoms with Gasteiger partial charge >= 0.3 is 6.09 Å². The van der Waals surface area contributed by atoms with Crippen LogP contribution in [0, 0.1) is 6.92 Å². The van der Waals surface area contributed by atoms with Crippen molar-refractivity contribution in [2.24, 2.45) is 0 Å². The second kappa shape index (κ2) is 10.9. The molecule has 3 aromatic rings. The Kier molecular flexibility index (Phi) is 8.01. The minimum Gasteiger partial charge on any atom is -0.494 e. The lowest BCUT2D eigenvalue weighted by atomic mass is 10.0. The lowest BCUT2D eigenvalue weighted by Gasteiger charge is -2.19. The second-order valence-corrected chi connectivity index (χ2v) is 8.79. The van der Waals surface area contributed by atoms with E-state index in [9.17, 15) is 4.79 Å². The molecule has 0 bridgehead atoms. The van der Waals surface area contributed by atoms with Gasteiger partial charge in [-0.15, -0.1) is 0 Å². The Hall–Kier alpha value is -3.72. The van der Waals surface area contributed by atoms with Gasteiger partial charge in [-0.2, -0.15) is 0 Å². The number of aryl methyl sites for hydroxylation is 1. The number of rotatable bonds is 8. The van der Waals surface area contributed by atoms with Gasteiger partial charge in [0, 0.05) is 12.4 Å². The molecule has 0 radical (unpaired) electrons. The maximum Gasteiger partial charge on any atom is 0.413 e. The molecule has 0 fully saturated rings. The van der Waals surface area contributed by atoms with Crippen molar-refractivity contribution in [2.45, 2.75) is 46.3 Å². The molecule has 9 heteroatoms. The number of pyridine rings is 1. The van der Waals surface area contributed by atoms with Gasteiger partial charge in [0.2, 0.25) is 0 Å². The number of nitrogens with two attached hydrogens (primary N) is 1. The largest absolute Gasteiger partial charge is 0.494 e. The molecule has 3 N–H and O–H groups in total. The van der Waals surface area contributed by atoms with Crippen LogP contribution >= 0.6 is 0 Å². The van der Waals surface area contributed by atoms with E-state index in [-0.39, 0.29) is 0 Å². The van der Waals surface area contributed by atoms with Crippen molar-refractivity contribution in [1.29, 1.82) is 0 Å². The highest BCUT2D eigenvalue weighted by atomic mass is 16.6. The Bertz CT molecular complexity index is 1130. The second-order valence-electron chi connectivity index (χ2n) is 8.79. The lowest BCUT2D eigenvalue weighted by molar-refractivity contribution is 0.0635. The normalized spacial score (nSPS) is 11.2. The standard InChI is InChI=1S/C25H31N5O4/c1-16-13-27-23(28-14-16)19-11-17(12-20(26)22(19)32-5)9-10-33-15-18-7-6-8-21(29-18)30-24(31)34-25(2,3)4/h6-8,11-14H,9-10,15,26H2,1-5H3,(H,29,30,31). The molecule has 0 spiro atoms. The van der Waals surface area contributed by atoms with E-state index < -0.39 is 11.7 Å². The van der Waals surface area contributed by atoms with E-state index in [1.54, 1.807) is 52.4 Å². The third-order valence-electron chi connectivity index (χ3n) is 4.62. The number of amides is 1. The van der Waals surface area contributed by atoms with Gasteiger partial charge in [-0.05, 0) is 69.5 Å². The summed E-state index contributed by atoms with van der Waals surface area (Å²) in [5.74, 6) is 1.50. The first-order chi connectivity index (χ1) is 16.1. The molecule has 0 aliphatic carbocycles. The summed E-state index contributed by atoms with van der Waals surface area (Å²) in [6, 6.07) is 9.16.